The van der Waals surface area contributed by atoms with E-state index in [1.165, 1.54) is 0 Å². The van der Waals surface area contributed by atoms with Gasteiger partial charge in [0.05, 0.1) is 24.6 Å². The van der Waals surface area contributed by atoms with E-state index in [0.29, 0.717) is 19.1 Å². The van der Waals surface area contributed by atoms with Crippen molar-refractivity contribution in [2.24, 2.45) is 0 Å². The number of hydrogen-bond acceptors (Lipinski definition) is 5. The Bertz CT molecular complexity index is 548. The van der Waals surface area contributed by atoms with Gasteiger partial charge in [-0.1, -0.05) is 12.1 Å². The van der Waals surface area contributed by atoms with Gasteiger partial charge in [-0.15, -0.1) is 24.8 Å². The number of rotatable bonds is 5. The number of morpholine rings is 1. The number of halogens is 2. The Kier molecular flexibility index (Phi) is 10.3. The summed E-state index contributed by atoms with van der Waals surface area (Å²) >= 11 is 0. The summed E-state index contributed by atoms with van der Waals surface area (Å²) in [5.41, 5.74) is 1.87. The quantitative estimate of drug-likeness (QED) is 0.702. The van der Waals surface area contributed by atoms with Crippen molar-refractivity contribution in [3.8, 4) is 0 Å². The van der Waals surface area contributed by atoms with Gasteiger partial charge in [-0.3, -0.25) is 4.79 Å². The zero-order chi connectivity index (χ0) is 16.8. The third kappa shape index (κ3) is 6.93. The number of nitrogens with zero attached hydrogens (tertiary/aromatic N) is 1. The topological polar surface area (TPSA) is 65.6 Å². The minimum Gasteiger partial charge on any atom is -0.381 e. The van der Waals surface area contributed by atoms with E-state index in [1.54, 1.807) is 0 Å². The van der Waals surface area contributed by atoms with Crippen LogP contribution in [0.15, 0.2) is 24.3 Å². The van der Waals surface area contributed by atoms with Crippen molar-refractivity contribution in [1.29, 1.82) is 0 Å². The third-order valence-corrected chi connectivity index (χ3v) is 4.71. The van der Waals surface area contributed by atoms with Gasteiger partial charge < -0.3 is 25.6 Å². The lowest BCUT2D eigenvalue weighted by Gasteiger charge is -2.30. The number of carbonyl (C=O) groups is 1. The first-order chi connectivity index (χ1) is 11.7. The molecule has 148 valence electrons. The average molecular weight is 405 g/mol. The lowest BCUT2D eigenvalue weighted by molar-refractivity contribution is -0.117. The van der Waals surface area contributed by atoms with Crippen molar-refractivity contribution in [2.45, 2.75) is 31.3 Å². The predicted octanol–water partition coefficient (Wildman–Crippen LogP) is 2.35. The zero-order valence-electron chi connectivity index (χ0n) is 15.2. The van der Waals surface area contributed by atoms with Gasteiger partial charge in [0.1, 0.15) is 0 Å². The van der Waals surface area contributed by atoms with E-state index in [9.17, 15) is 4.79 Å². The summed E-state index contributed by atoms with van der Waals surface area (Å²) in [5, 5.41) is 9.96. The number of likely N-dealkylation sites (tertiary alicyclic amines) is 1. The Morgan fingerprint density at radius 3 is 2.58 bits per heavy atom. The normalized spacial score (nSPS) is 21.2. The largest absolute Gasteiger partial charge is 0.381 e. The highest BCUT2D eigenvalue weighted by molar-refractivity contribution is 5.94. The molecule has 2 saturated heterocycles. The van der Waals surface area contributed by atoms with Crippen LogP contribution in [0, 0.1) is 0 Å². The van der Waals surface area contributed by atoms with Gasteiger partial charge in [0.15, 0.2) is 0 Å². The van der Waals surface area contributed by atoms with Crippen LogP contribution in [0.2, 0.25) is 0 Å². The van der Waals surface area contributed by atoms with E-state index in [4.69, 9.17) is 4.74 Å². The molecule has 3 N–H and O–H groups in total. The highest BCUT2D eigenvalue weighted by Gasteiger charge is 2.19. The Morgan fingerprint density at radius 1 is 1.23 bits per heavy atom. The molecule has 0 spiro atoms. The lowest BCUT2D eigenvalue weighted by Crippen LogP contribution is -2.43. The van der Waals surface area contributed by atoms with Crippen LogP contribution < -0.4 is 16.0 Å². The Hall–Kier alpha value is -1.05. The van der Waals surface area contributed by atoms with Gasteiger partial charge in [-0.25, -0.2) is 0 Å². The highest BCUT2D eigenvalue weighted by atomic mass is 35.5. The predicted molar refractivity (Wildman–Crippen MR) is 111 cm³/mol. The molecule has 26 heavy (non-hydrogen) atoms. The standard InChI is InChI=1S/C18H28N4O2.2ClH/c1-22-9-6-14(7-10-22)20-16-4-2-3-5-17(16)21-18(23)12-15-13-24-11-8-19-15;;/h2-5,14-15,19-20H,6-13H2,1H3,(H,21,23);2*1H. The Morgan fingerprint density at radius 2 is 1.92 bits per heavy atom. The van der Waals surface area contributed by atoms with Crippen LogP contribution in [-0.2, 0) is 9.53 Å². The molecule has 2 heterocycles. The monoisotopic (exact) mass is 404 g/mol. The van der Waals surface area contributed by atoms with Gasteiger partial charge in [0, 0.05) is 25.0 Å². The average Bonchev–Trinajstić information content (AvgIpc) is 2.59. The number of nitrogens with one attached hydrogen (secondary N) is 3. The van der Waals surface area contributed by atoms with Gasteiger partial charge in [0.25, 0.3) is 0 Å². The summed E-state index contributed by atoms with van der Waals surface area (Å²) in [7, 11) is 2.16. The van der Waals surface area contributed by atoms with E-state index in [1.807, 2.05) is 24.3 Å². The first kappa shape index (κ1) is 23.0. The molecular weight excluding hydrogens is 375 g/mol. The molecule has 2 aliphatic rings. The van der Waals surface area contributed by atoms with Crippen molar-refractivity contribution < 1.29 is 9.53 Å². The first-order valence-corrected chi connectivity index (χ1v) is 8.86. The number of para-hydroxylation sites is 2. The summed E-state index contributed by atoms with van der Waals surface area (Å²) < 4.78 is 5.41. The second-order valence-corrected chi connectivity index (χ2v) is 6.75. The van der Waals surface area contributed by atoms with Crippen LogP contribution in [-0.4, -0.2) is 62.8 Å². The summed E-state index contributed by atoms with van der Waals surface area (Å²) in [6, 6.07) is 8.52. The molecule has 2 fully saturated rings. The minimum atomic E-state index is 0. The molecule has 0 bridgehead atoms. The van der Waals surface area contributed by atoms with Crippen LogP contribution in [0.5, 0.6) is 0 Å². The maximum absolute atomic E-state index is 12.3. The van der Waals surface area contributed by atoms with Gasteiger partial charge in [-0.2, -0.15) is 0 Å². The summed E-state index contributed by atoms with van der Waals surface area (Å²) in [5.74, 6) is 0.0237. The number of benzene rings is 1. The van der Waals surface area contributed by atoms with E-state index in [2.05, 4.69) is 27.9 Å². The number of amides is 1. The maximum Gasteiger partial charge on any atom is 0.226 e. The summed E-state index contributed by atoms with van der Waals surface area (Å²) in [6.45, 7) is 4.36. The second kappa shape index (κ2) is 11.6. The Labute approximate surface area is 168 Å². The minimum absolute atomic E-state index is 0. The molecule has 8 heteroatoms. The van der Waals surface area contributed by atoms with Crippen LogP contribution in [0.3, 0.4) is 0 Å². The second-order valence-electron chi connectivity index (χ2n) is 6.75. The fourth-order valence-electron chi connectivity index (χ4n) is 3.27. The first-order valence-electron chi connectivity index (χ1n) is 8.86. The molecule has 0 aromatic heterocycles. The van der Waals surface area contributed by atoms with Crippen LogP contribution in [0.25, 0.3) is 0 Å². The SMILES string of the molecule is CN1CCC(Nc2ccccc2NC(=O)CC2COCCN2)CC1.Cl.Cl. The molecular formula is C18H30Cl2N4O2. The zero-order valence-corrected chi connectivity index (χ0v) is 16.8. The molecule has 3 rings (SSSR count). The van der Waals surface area contributed by atoms with Gasteiger partial charge >= 0.3 is 0 Å². The summed E-state index contributed by atoms with van der Waals surface area (Å²) in [6.07, 6.45) is 2.69. The molecule has 0 radical (unpaired) electrons. The molecule has 2 aliphatic heterocycles. The van der Waals surface area contributed by atoms with Gasteiger partial charge in [0.2, 0.25) is 5.91 Å². The molecule has 1 aromatic carbocycles. The van der Waals surface area contributed by atoms with Crippen molar-refractivity contribution in [3.05, 3.63) is 24.3 Å². The molecule has 6 nitrogen and oxygen atoms in total. The molecule has 1 unspecified atom stereocenters. The number of anilines is 2. The van der Waals surface area contributed by atoms with E-state index < -0.39 is 0 Å². The van der Waals surface area contributed by atoms with Crippen LogP contribution in [0.4, 0.5) is 11.4 Å². The molecule has 1 atom stereocenters. The number of hydrogen-bond donors (Lipinski definition) is 3. The summed E-state index contributed by atoms with van der Waals surface area (Å²) in [4.78, 5) is 14.7. The van der Waals surface area contributed by atoms with Crippen LogP contribution >= 0.6 is 24.8 Å². The number of piperidine rings is 1. The molecule has 1 amide bonds. The van der Waals surface area contributed by atoms with Crippen molar-refractivity contribution >= 4 is 42.1 Å². The lowest BCUT2D eigenvalue weighted by atomic mass is 10.0. The molecule has 0 aliphatic carbocycles. The van der Waals surface area contributed by atoms with Gasteiger partial charge in [-0.05, 0) is 45.1 Å². The van der Waals surface area contributed by atoms with Crippen molar-refractivity contribution in [1.82, 2.24) is 10.2 Å². The number of ether oxygens (including phenoxy) is 1. The highest BCUT2D eigenvalue weighted by Crippen LogP contribution is 2.24. The Balaban J connectivity index is 0.00000169. The van der Waals surface area contributed by atoms with E-state index in [0.717, 1.165) is 50.5 Å². The van der Waals surface area contributed by atoms with E-state index >= 15 is 0 Å². The molecule has 0 saturated carbocycles. The fraction of sp³-hybridized carbons (Fsp3) is 0.611. The molecule has 1 aromatic rings. The van der Waals surface area contributed by atoms with Crippen molar-refractivity contribution in [3.63, 3.8) is 0 Å². The van der Waals surface area contributed by atoms with E-state index in [-0.39, 0.29) is 36.8 Å². The smallest absolute Gasteiger partial charge is 0.226 e. The number of carbonyl (C=O) groups excluding carboxylic acids is 1. The van der Waals surface area contributed by atoms with Crippen molar-refractivity contribution in [2.75, 3.05) is 50.5 Å². The fourth-order valence-corrected chi connectivity index (χ4v) is 3.27. The van der Waals surface area contributed by atoms with Crippen LogP contribution in [0.1, 0.15) is 19.3 Å². The maximum atomic E-state index is 12.3. The third-order valence-electron chi connectivity index (χ3n) is 4.71.